The highest BCUT2D eigenvalue weighted by molar-refractivity contribution is 6.33. The quantitative estimate of drug-likeness (QED) is 0.375. The van der Waals surface area contributed by atoms with E-state index in [4.69, 9.17) is 27.9 Å². The summed E-state index contributed by atoms with van der Waals surface area (Å²) in [5.41, 5.74) is 4.07. The first-order valence-electron chi connectivity index (χ1n) is 12.2. The maximum absolute atomic E-state index is 12.4. The van der Waals surface area contributed by atoms with Crippen LogP contribution in [0.15, 0.2) is 66.7 Å². The number of ether oxygens (including phenoxy) is 1. The van der Waals surface area contributed by atoms with Crippen LogP contribution in [0.5, 0.6) is 5.75 Å². The summed E-state index contributed by atoms with van der Waals surface area (Å²) in [5, 5.41) is 4.30. The number of amides is 1. The number of hydrogen-bond donors (Lipinski definition) is 1. The molecule has 1 heterocycles. The smallest absolute Gasteiger partial charge is 0.262 e. The van der Waals surface area contributed by atoms with Crippen molar-refractivity contribution in [3.05, 3.63) is 87.9 Å². The third kappa shape index (κ3) is 6.94. The second-order valence-corrected chi connectivity index (χ2v) is 10.9. The summed E-state index contributed by atoms with van der Waals surface area (Å²) in [7, 11) is 0. The van der Waals surface area contributed by atoms with Gasteiger partial charge in [-0.05, 0) is 52.9 Å². The van der Waals surface area contributed by atoms with E-state index < -0.39 is 0 Å². The zero-order valence-corrected chi connectivity index (χ0v) is 22.6. The Morgan fingerprint density at radius 2 is 1.61 bits per heavy atom. The van der Waals surface area contributed by atoms with Crippen molar-refractivity contribution < 1.29 is 9.53 Å². The third-order valence-corrected chi connectivity index (χ3v) is 7.06. The maximum atomic E-state index is 12.4. The Labute approximate surface area is 224 Å². The third-order valence-electron chi connectivity index (χ3n) is 6.39. The molecular weight excluding hydrogens is 493 g/mol. The van der Waals surface area contributed by atoms with E-state index in [-0.39, 0.29) is 17.9 Å². The second kappa shape index (κ2) is 11.5. The number of carbonyl (C=O) groups is 1. The molecule has 1 saturated heterocycles. The highest BCUT2D eigenvalue weighted by Gasteiger charge is 2.20. The standard InChI is InChI=1S/C29H33Cl2N3O2/c1-29(2,3)22-8-11-24(12-9-22)36-20-28(35)32-23-10-13-27(26(31)18-23)34-16-14-33(15-17-34)19-21-6-4-5-7-25(21)30/h4-13,18H,14-17,19-20H2,1-3H3,(H,32,35). The fraction of sp³-hybridized carbons (Fsp3) is 0.345. The molecule has 0 unspecified atom stereocenters. The minimum Gasteiger partial charge on any atom is -0.484 e. The lowest BCUT2D eigenvalue weighted by Crippen LogP contribution is -2.46. The summed E-state index contributed by atoms with van der Waals surface area (Å²) >= 11 is 12.9. The van der Waals surface area contributed by atoms with Gasteiger partial charge in [0.25, 0.3) is 5.91 Å². The van der Waals surface area contributed by atoms with Crippen molar-refractivity contribution in [3.63, 3.8) is 0 Å². The van der Waals surface area contributed by atoms with Gasteiger partial charge in [0.2, 0.25) is 0 Å². The molecule has 5 nitrogen and oxygen atoms in total. The number of halogens is 2. The summed E-state index contributed by atoms with van der Waals surface area (Å²) in [5.74, 6) is 0.437. The maximum Gasteiger partial charge on any atom is 0.262 e. The van der Waals surface area contributed by atoms with Crippen LogP contribution in [0.4, 0.5) is 11.4 Å². The zero-order chi connectivity index (χ0) is 25.7. The number of carbonyl (C=O) groups excluding carboxylic acids is 1. The number of nitrogens with zero attached hydrogens (tertiary/aromatic N) is 2. The van der Waals surface area contributed by atoms with Crippen LogP contribution >= 0.6 is 23.2 Å². The molecule has 3 aromatic carbocycles. The first-order valence-corrected chi connectivity index (χ1v) is 13.0. The van der Waals surface area contributed by atoms with Crippen molar-refractivity contribution in [1.29, 1.82) is 0 Å². The molecule has 1 fully saturated rings. The lowest BCUT2D eigenvalue weighted by Gasteiger charge is -2.36. The van der Waals surface area contributed by atoms with E-state index in [9.17, 15) is 4.79 Å². The first-order chi connectivity index (χ1) is 17.2. The normalized spacial score (nSPS) is 14.5. The molecule has 0 saturated carbocycles. The molecule has 0 aliphatic carbocycles. The molecule has 1 amide bonds. The van der Waals surface area contributed by atoms with Crippen molar-refractivity contribution in [2.24, 2.45) is 0 Å². The van der Waals surface area contributed by atoms with Crippen LogP contribution in [0.2, 0.25) is 10.0 Å². The fourth-order valence-corrected chi connectivity index (χ4v) is 4.75. The summed E-state index contributed by atoms with van der Waals surface area (Å²) in [4.78, 5) is 17.1. The van der Waals surface area contributed by atoms with Gasteiger partial charge >= 0.3 is 0 Å². The Morgan fingerprint density at radius 3 is 2.25 bits per heavy atom. The minimum absolute atomic E-state index is 0.0678. The monoisotopic (exact) mass is 525 g/mol. The summed E-state index contributed by atoms with van der Waals surface area (Å²) in [6, 6.07) is 21.5. The molecule has 1 aliphatic rings. The zero-order valence-electron chi connectivity index (χ0n) is 21.1. The van der Waals surface area contributed by atoms with E-state index in [0.29, 0.717) is 16.5 Å². The van der Waals surface area contributed by atoms with Crippen molar-refractivity contribution in [2.75, 3.05) is 43.0 Å². The van der Waals surface area contributed by atoms with Gasteiger partial charge in [0.15, 0.2) is 6.61 Å². The van der Waals surface area contributed by atoms with E-state index in [1.54, 1.807) is 6.07 Å². The Hall–Kier alpha value is -2.73. The molecule has 7 heteroatoms. The van der Waals surface area contributed by atoms with Gasteiger partial charge in [0, 0.05) is 43.4 Å². The number of anilines is 2. The van der Waals surface area contributed by atoms with Gasteiger partial charge in [0.1, 0.15) is 5.75 Å². The molecule has 190 valence electrons. The molecule has 36 heavy (non-hydrogen) atoms. The number of piperazine rings is 1. The lowest BCUT2D eigenvalue weighted by molar-refractivity contribution is -0.118. The average molecular weight is 527 g/mol. The van der Waals surface area contributed by atoms with E-state index in [0.717, 1.165) is 49.0 Å². The van der Waals surface area contributed by atoms with Crippen molar-refractivity contribution >= 4 is 40.5 Å². The van der Waals surface area contributed by atoms with Crippen LogP contribution in [0.25, 0.3) is 0 Å². The fourth-order valence-electron chi connectivity index (χ4n) is 4.25. The molecule has 0 bridgehead atoms. The second-order valence-electron chi connectivity index (χ2n) is 10.1. The SMILES string of the molecule is CC(C)(C)c1ccc(OCC(=O)Nc2ccc(N3CCN(Cc4ccccc4Cl)CC3)c(Cl)c2)cc1. The Kier molecular flexibility index (Phi) is 8.45. The number of nitrogens with one attached hydrogen (secondary N) is 1. The highest BCUT2D eigenvalue weighted by Crippen LogP contribution is 2.30. The molecular formula is C29H33Cl2N3O2. The Balaban J connectivity index is 1.27. The predicted molar refractivity (Wildman–Crippen MR) is 150 cm³/mol. The molecule has 0 radical (unpaired) electrons. The van der Waals surface area contributed by atoms with Gasteiger partial charge in [-0.1, -0.05) is 74.3 Å². The number of benzene rings is 3. The van der Waals surface area contributed by atoms with Crippen molar-refractivity contribution in [2.45, 2.75) is 32.7 Å². The van der Waals surface area contributed by atoms with Crippen LogP contribution in [-0.2, 0) is 16.8 Å². The van der Waals surface area contributed by atoms with Gasteiger partial charge in [-0.3, -0.25) is 9.69 Å². The van der Waals surface area contributed by atoms with Crippen LogP contribution in [0.1, 0.15) is 31.9 Å². The highest BCUT2D eigenvalue weighted by atomic mass is 35.5. The van der Waals surface area contributed by atoms with Gasteiger partial charge in [-0.25, -0.2) is 0 Å². The van der Waals surface area contributed by atoms with Crippen LogP contribution in [-0.4, -0.2) is 43.6 Å². The van der Waals surface area contributed by atoms with Gasteiger partial charge in [0.05, 0.1) is 10.7 Å². The number of rotatable bonds is 7. The predicted octanol–water partition coefficient (Wildman–Crippen LogP) is 6.63. The minimum atomic E-state index is -0.230. The molecule has 0 atom stereocenters. The molecule has 1 aliphatic heterocycles. The van der Waals surface area contributed by atoms with E-state index in [2.05, 4.69) is 42.0 Å². The molecule has 0 spiro atoms. The van der Waals surface area contributed by atoms with Gasteiger partial charge in [-0.15, -0.1) is 0 Å². The van der Waals surface area contributed by atoms with E-state index >= 15 is 0 Å². The van der Waals surface area contributed by atoms with Crippen molar-refractivity contribution in [3.8, 4) is 5.75 Å². The Bertz CT molecular complexity index is 1180. The molecule has 1 N–H and O–H groups in total. The first kappa shape index (κ1) is 26.3. The van der Waals surface area contributed by atoms with Gasteiger partial charge in [-0.2, -0.15) is 0 Å². The summed E-state index contributed by atoms with van der Waals surface area (Å²) in [6.07, 6.45) is 0. The molecule has 4 rings (SSSR count). The van der Waals surface area contributed by atoms with Crippen LogP contribution < -0.4 is 15.0 Å². The van der Waals surface area contributed by atoms with Crippen molar-refractivity contribution in [1.82, 2.24) is 4.90 Å². The average Bonchev–Trinajstić information content (AvgIpc) is 2.85. The van der Waals surface area contributed by atoms with Gasteiger partial charge < -0.3 is 15.0 Å². The van der Waals surface area contributed by atoms with E-state index in [1.165, 1.54) is 5.56 Å². The van der Waals surface area contributed by atoms with Crippen LogP contribution in [0.3, 0.4) is 0 Å². The summed E-state index contributed by atoms with van der Waals surface area (Å²) < 4.78 is 5.65. The lowest BCUT2D eigenvalue weighted by atomic mass is 9.87. The topological polar surface area (TPSA) is 44.8 Å². The Morgan fingerprint density at radius 1 is 0.917 bits per heavy atom. The van der Waals surface area contributed by atoms with Crippen LogP contribution in [0, 0.1) is 0 Å². The summed E-state index contributed by atoms with van der Waals surface area (Å²) in [6.45, 7) is 10.9. The molecule has 0 aromatic heterocycles. The van der Waals surface area contributed by atoms with E-state index in [1.807, 2.05) is 54.6 Å². The largest absolute Gasteiger partial charge is 0.484 e. The molecule has 3 aromatic rings. The number of hydrogen-bond acceptors (Lipinski definition) is 4.